The van der Waals surface area contributed by atoms with E-state index in [2.05, 4.69) is 20.4 Å². The van der Waals surface area contributed by atoms with Gasteiger partial charge in [-0.2, -0.15) is 18.3 Å². The molecular formula is C24H20F3N7O2S. The smallest absolute Gasteiger partial charge is 0.349 e. The first kappa shape index (κ1) is 24.4. The zero-order valence-electron chi connectivity index (χ0n) is 19.4. The molecule has 0 radical (unpaired) electrons. The van der Waals surface area contributed by atoms with E-state index in [9.17, 15) is 22.8 Å². The molecule has 0 spiro atoms. The summed E-state index contributed by atoms with van der Waals surface area (Å²) in [6.45, 7) is 2.21. The second kappa shape index (κ2) is 9.65. The number of nitrogens with zero attached hydrogens (tertiary/aromatic N) is 6. The largest absolute Gasteiger partial charge is 0.416 e. The van der Waals surface area contributed by atoms with Crippen LogP contribution in [0.2, 0.25) is 0 Å². The molecule has 1 N–H and O–H groups in total. The standard InChI is InChI=1S/C24H20F3N7O2S/c1-15-19(37-23(31-15)32-8-2-3-9-32)21(35)28-7-10-34-20-18(12-30-34)22(36)33(14-29-20)13-16-5-4-6-17(11-16)24(25,26)27/h2-6,8-9,11-12,14H,7,10,13H2,1H3,(H,28,35). The van der Waals surface area contributed by atoms with Gasteiger partial charge in [-0.3, -0.25) is 14.2 Å². The molecule has 5 aromatic rings. The van der Waals surface area contributed by atoms with Crippen LogP contribution in [0, 0.1) is 6.92 Å². The monoisotopic (exact) mass is 527 g/mol. The molecule has 1 amide bonds. The molecule has 0 unspecified atom stereocenters. The third-order valence-corrected chi connectivity index (χ3v) is 6.83. The van der Waals surface area contributed by atoms with Crippen LogP contribution in [0.1, 0.15) is 26.5 Å². The first-order chi connectivity index (χ1) is 17.7. The number of hydrogen-bond donors (Lipinski definition) is 1. The number of benzene rings is 1. The van der Waals surface area contributed by atoms with Crippen LogP contribution in [-0.2, 0) is 19.3 Å². The van der Waals surface area contributed by atoms with Gasteiger partial charge in [0.1, 0.15) is 16.6 Å². The lowest BCUT2D eigenvalue weighted by molar-refractivity contribution is -0.137. The zero-order valence-corrected chi connectivity index (χ0v) is 20.3. The van der Waals surface area contributed by atoms with Crippen molar-refractivity contribution in [3.05, 3.63) is 93.4 Å². The zero-order chi connectivity index (χ0) is 26.2. The van der Waals surface area contributed by atoms with Crippen LogP contribution in [0.4, 0.5) is 13.2 Å². The van der Waals surface area contributed by atoms with Crippen molar-refractivity contribution in [2.45, 2.75) is 26.2 Å². The highest BCUT2D eigenvalue weighted by Crippen LogP contribution is 2.29. The Balaban J connectivity index is 1.26. The summed E-state index contributed by atoms with van der Waals surface area (Å²) >= 11 is 1.28. The highest BCUT2D eigenvalue weighted by atomic mass is 32.1. The number of carbonyl (C=O) groups is 1. The molecule has 0 bridgehead atoms. The second-order valence-electron chi connectivity index (χ2n) is 8.24. The SMILES string of the molecule is Cc1nc(-n2cccc2)sc1C(=O)NCCn1ncc2c(=O)n(Cc3cccc(C(F)(F)F)c3)cnc21. The predicted molar refractivity (Wildman–Crippen MR) is 131 cm³/mol. The van der Waals surface area contributed by atoms with E-state index in [1.54, 1.807) is 6.92 Å². The Hall–Kier alpha value is -4.26. The van der Waals surface area contributed by atoms with Gasteiger partial charge in [0.05, 0.1) is 30.5 Å². The molecule has 0 aliphatic carbocycles. The summed E-state index contributed by atoms with van der Waals surface area (Å²) in [6.07, 6.45) is 1.88. The number of thiazole rings is 1. The summed E-state index contributed by atoms with van der Waals surface area (Å²) in [5.74, 6) is -0.263. The van der Waals surface area contributed by atoms with Crippen molar-refractivity contribution >= 4 is 28.3 Å². The maximum absolute atomic E-state index is 13.0. The van der Waals surface area contributed by atoms with E-state index in [1.165, 1.54) is 45.2 Å². The average molecular weight is 528 g/mol. The van der Waals surface area contributed by atoms with Crippen molar-refractivity contribution in [3.8, 4) is 5.13 Å². The molecule has 4 heterocycles. The van der Waals surface area contributed by atoms with Crippen LogP contribution < -0.4 is 10.9 Å². The maximum Gasteiger partial charge on any atom is 0.416 e. The van der Waals surface area contributed by atoms with E-state index in [1.807, 2.05) is 29.1 Å². The van der Waals surface area contributed by atoms with Crippen LogP contribution in [0.5, 0.6) is 0 Å². The molecule has 0 atom stereocenters. The number of hydrogen-bond acceptors (Lipinski definition) is 6. The molecule has 0 fully saturated rings. The first-order valence-corrected chi connectivity index (χ1v) is 12.0. The fourth-order valence-corrected chi connectivity index (χ4v) is 4.79. The fraction of sp³-hybridized carbons (Fsp3) is 0.208. The molecule has 0 aliphatic rings. The third-order valence-electron chi connectivity index (χ3n) is 5.66. The molecule has 13 heteroatoms. The Kier molecular flexibility index (Phi) is 6.38. The van der Waals surface area contributed by atoms with Gasteiger partial charge in [0.15, 0.2) is 10.8 Å². The van der Waals surface area contributed by atoms with Gasteiger partial charge in [0, 0.05) is 18.9 Å². The van der Waals surface area contributed by atoms with E-state index >= 15 is 0 Å². The highest BCUT2D eigenvalue weighted by molar-refractivity contribution is 7.16. The number of aryl methyl sites for hydroxylation is 1. The van der Waals surface area contributed by atoms with Crippen molar-refractivity contribution in [1.82, 2.24) is 34.2 Å². The number of fused-ring (bicyclic) bond motifs is 1. The Morgan fingerprint density at radius 1 is 1.16 bits per heavy atom. The van der Waals surface area contributed by atoms with Crippen molar-refractivity contribution in [1.29, 1.82) is 0 Å². The number of aromatic nitrogens is 6. The molecule has 9 nitrogen and oxygen atoms in total. The lowest BCUT2D eigenvalue weighted by atomic mass is 10.1. The summed E-state index contributed by atoms with van der Waals surface area (Å²) in [5.41, 5.74) is 0.0700. The molecule has 0 saturated heterocycles. The van der Waals surface area contributed by atoms with Gasteiger partial charge in [-0.1, -0.05) is 23.5 Å². The van der Waals surface area contributed by atoms with Crippen molar-refractivity contribution in [2.24, 2.45) is 0 Å². The van der Waals surface area contributed by atoms with E-state index in [0.29, 0.717) is 26.9 Å². The highest BCUT2D eigenvalue weighted by Gasteiger charge is 2.30. The maximum atomic E-state index is 13.0. The molecule has 190 valence electrons. The lowest BCUT2D eigenvalue weighted by Crippen LogP contribution is -2.27. The minimum absolute atomic E-state index is 0.0634. The van der Waals surface area contributed by atoms with Gasteiger partial charge >= 0.3 is 6.18 Å². The number of nitrogens with one attached hydrogen (secondary N) is 1. The number of alkyl halides is 3. The van der Waals surface area contributed by atoms with E-state index in [-0.39, 0.29) is 30.9 Å². The summed E-state index contributed by atoms with van der Waals surface area (Å²) < 4.78 is 43.6. The van der Waals surface area contributed by atoms with Gasteiger partial charge in [0.25, 0.3) is 11.5 Å². The molecule has 5 rings (SSSR count). The Labute approximate surface area is 211 Å². The van der Waals surface area contributed by atoms with Crippen molar-refractivity contribution < 1.29 is 18.0 Å². The summed E-state index contributed by atoms with van der Waals surface area (Å²) in [4.78, 5) is 34.8. The van der Waals surface area contributed by atoms with Gasteiger partial charge in [-0.25, -0.2) is 14.6 Å². The lowest BCUT2D eigenvalue weighted by Gasteiger charge is -2.10. The Morgan fingerprint density at radius 3 is 2.70 bits per heavy atom. The van der Waals surface area contributed by atoms with Crippen LogP contribution in [0.3, 0.4) is 0 Å². The normalized spacial score (nSPS) is 11.8. The van der Waals surface area contributed by atoms with Crippen LogP contribution in [-0.4, -0.2) is 41.3 Å². The van der Waals surface area contributed by atoms with Crippen LogP contribution >= 0.6 is 11.3 Å². The minimum atomic E-state index is -4.47. The topological polar surface area (TPSA) is 99.6 Å². The third kappa shape index (κ3) is 5.03. The molecule has 1 aromatic carbocycles. The minimum Gasteiger partial charge on any atom is -0.349 e. The first-order valence-electron chi connectivity index (χ1n) is 11.2. The fourth-order valence-electron chi connectivity index (χ4n) is 3.84. The van der Waals surface area contributed by atoms with E-state index in [4.69, 9.17) is 0 Å². The molecule has 0 aliphatic heterocycles. The van der Waals surface area contributed by atoms with Crippen LogP contribution in [0.15, 0.2) is 66.1 Å². The molecular weight excluding hydrogens is 507 g/mol. The van der Waals surface area contributed by atoms with Crippen LogP contribution in [0.25, 0.3) is 16.2 Å². The Morgan fingerprint density at radius 2 is 1.95 bits per heavy atom. The van der Waals surface area contributed by atoms with E-state index in [0.717, 1.165) is 12.1 Å². The average Bonchev–Trinajstić information content (AvgIpc) is 3.61. The Bertz CT molecular complexity index is 1630. The number of carbonyl (C=O) groups excluding carboxylic acids is 1. The second-order valence-corrected chi connectivity index (χ2v) is 9.22. The summed E-state index contributed by atoms with van der Waals surface area (Å²) in [5, 5.41) is 7.96. The summed E-state index contributed by atoms with van der Waals surface area (Å²) in [7, 11) is 0. The van der Waals surface area contributed by atoms with Gasteiger partial charge in [0.2, 0.25) is 0 Å². The quantitative estimate of drug-likeness (QED) is 0.348. The summed E-state index contributed by atoms with van der Waals surface area (Å²) in [6, 6.07) is 8.56. The van der Waals surface area contributed by atoms with Crippen molar-refractivity contribution in [3.63, 3.8) is 0 Å². The molecule has 37 heavy (non-hydrogen) atoms. The number of amides is 1. The van der Waals surface area contributed by atoms with Gasteiger partial charge < -0.3 is 9.88 Å². The predicted octanol–water partition coefficient (Wildman–Crippen LogP) is 3.65. The number of halogens is 3. The van der Waals surface area contributed by atoms with Gasteiger partial charge in [-0.05, 0) is 36.8 Å². The van der Waals surface area contributed by atoms with E-state index < -0.39 is 17.3 Å². The molecule has 0 saturated carbocycles. The van der Waals surface area contributed by atoms with Gasteiger partial charge in [-0.15, -0.1) is 0 Å². The van der Waals surface area contributed by atoms with Crippen molar-refractivity contribution in [2.75, 3.05) is 6.54 Å². The number of rotatable bonds is 7. The molecule has 4 aromatic heterocycles.